The molecular weight excluding hydrogens is 294 g/mol. The van der Waals surface area contributed by atoms with Gasteiger partial charge in [-0.15, -0.1) is 0 Å². The summed E-state index contributed by atoms with van der Waals surface area (Å²) in [5, 5.41) is 14.6. The quantitative estimate of drug-likeness (QED) is 0.669. The number of nitrogens with zero attached hydrogens (tertiary/aromatic N) is 2. The lowest BCUT2D eigenvalue weighted by Gasteiger charge is -2.15. The van der Waals surface area contributed by atoms with Crippen molar-refractivity contribution in [3.63, 3.8) is 0 Å². The van der Waals surface area contributed by atoms with Crippen molar-refractivity contribution in [2.45, 2.75) is 13.0 Å². The second-order valence-corrected chi connectivity index (χ2v) is 7.11. The molecule has 2 rings (SSSR count). The second-order valence-electron chi connectivity index (χ2n) is 4.93. The molecule has 7 nitrogen and oxygen atoms in total. The minimum Gasteiger partial charge on any atom is -0.376 e. The number of pyridine rings is 1. The molecule has 112 valence electrons. The van der Waals surface area contributed by atoms with Gasteiger partial charge in [0, 0.05) is 18.5 Å². The summed E-state index contributed by atoms with van der Waals surface area (Å²) in [5.41, 5.74) is 0.711. The van der Waals surface area contributed by atoms with Crippen molar-refractivity contribution in [1.82, 2.24) is 4.98 Å². The predicted octanol–water partition coefficient (Wildman–Crippen LogP) is 1.99. The average Bonchev–Trinajstić information content (AvgIpc) is 2.35. The van der Waals surface area contributed by atoms with E-state index in [0.29, 0.717) is 10.9 Å². The first-order chi connectivity index (χ1) is 9.78. The van der Waals surface area contributed by atoms with Gasteiger partial charge in [-0.2, -0.15) is 0 Å². The van der Waals surface area contributed by atoms with Gasteiger partial charge in [0.05, 0.1) is 21.6 Å². The molecule has 0 bridgehead atoms. The summed E-state index contributed by atoms with van der Waals surface area (Å²) in [6.07, 6.45) is 2.69. The number of anilines is 1. The fourth-order valence-corrected chi connectivity index (χ4v) is 3.20. The molecule has 1 heterocycles. The largest absolute Gasteiger partial charge is 0.376 e. The van der Waals surface area contributed by atoms with Crippen LogP contribution in [0.1, 0.15) is 6.92 Å². The van der Waals surface area contributed by atoms with Gasteiger partial charge < -0.3 is 5.32 Å². The molecule has 1 aromatic heterocycles. The van der Waals surface area contributed by atoms with Gasteiger partial charge in [0.25, 0.3) is 0 Å². The Labute approximate surface area is 122 Å². The number of nitro benzene ring substituents is 1. The minimum absolute atomic E-state index is 0.0963. The first-order valence-electron chi connectivity index (χ1n) is 6.24. The van der Waals surface area contributed by atoms with Crippen molar-refractivity contribution in [2.75, 3.05) is 17.3 Å². The fraction of sp³-hybridized carbons (Fsp3) is 0.308. The van der Waals surface area contributed by atoms with Crippen LogP contribution in [0.3, 0.4) is 0 Å². The van der Waals surface area contributed by atoms with E-state index in [1.54, 1.807) is 37.4 Å². The first-order valence-corrected chi connectivity index (χ1v) is 8.30. The van der Waals surface area contributed by atoms with E-state index in [4.69, 9.17) is 0 Å². The summed E-state index contributed by atoms with van der Waals surface area (Å²) >= 11 is 0. The number of sulfone groups is 1. The number of nitrogens with one attached hydrogen (secondary N) is 1. The molecule has 0 radical (unpaired) electrons. The molecule has 0 amide bonds. The Hall–Kier alpha value is -2.22. The lowest BCUT2D eigenvalue weighted by atomic mass is 10.1. The normalized spacial score (nSPS) is 13.0. The topological polar surface area (TPSA) is 102 Å². The third-order valence-corrected chi connectivity index (χ3v) is 4.00. The van der Waals surface area contributed by atoms with Crippen LogP contribution in [0.4, 0.5) is 11.4 Å². The molecule has 0 aliphatic carbocycles. The summed E-state index contributed by atoms with van der Waals surface area (Å²) in [4.78, 5) is 14.9. The zero-order valence-corrected chi connectivity index (χ0v) is 12.4. The maximum absolute atomic E-state index is 11.3. The standard InChI is InChI=1S/C13H15N3O4S/c1-9(8-21(2,19)20)15-12-6-5-11-10(4-3-7-14-11)13(12)16(17)18/h3-7,9,15H,8H2,1-2H3. The highest BCUT2D eigenvalue weighted by Gasteiger charge is 2.21. The lowest BCUT2D eigenvalue weighted by Crippen LogP contribution is -2.25. The maximum atomic E-state index is 11.3. The van der Waals surface area contributed by atoms with Crippen LogP contribution < -0.4 is 5.32 Å². The van der Waals surface area contributed by atoms with Crippen molar-refractivity contribution >= 4 is 32.1 Å². The number of hydrogen-bond acceptors (Lipinski definition) is 6. The average molecular weight is 309 g/mol. The molecule has 1 N–H and O–H groups in total. The van der Waals surface area contributed by atoms with Crippen LogP contribution in [-0.4, -0.2) is 36.4 Å². The molecule has 1 atom stereocenters. The molecular formula is C13H15N3O4S. The number of hydrogen-bond donors (Lipinski definition) is 1. The van der Waals surface area contributed by atoms with Crippen LogP contribution in [-0.2, 0) is 9.84 Å². The van der Waals surface area contributed by atoms with Crippen LogP contribution in [0.25, 0.3) is 10.9 Å². The van der Waals surface area contributed by atoms with Crippen LogP contribution in [0, 0.1) is 10.1 Å². The van der Waals surface area contributed by atoms with Crippen molar-refractivity contribution in [3.8, 4) is 0 Å². The Balaban J connectivity index is 2.44. The molecule has 0 saturated carbocycles. The number of fused-ring (bicyclic) bond motifs is 1. The summed E-state index contributed by atoms with van der Waals surface area (Å²) in [5.74, 6) is -0.102. The summed E-state index contributed by atoms with van der Waals surface area (Å²) in [6.45, 7) is 1.66. The number of benzene rings is 1. The van der Waals surface area contributed by atoms with Crippen molar-refractivity contribution < 1.29 is 13.3 Å². The molecule has 0 fully saturated rings. The van der Waals surface area contributed by atoms with Crippen molar-refractivity contribution in [2.24, 2.45) is 0 Å². The van der Waals surface area contributed by atoms with Crippen LogP contribution in [0.15, 0.2) is 30.5 Å². The van der Waals surface area contributed by atoms with Crippen LogP contribution in [0.2, 0.25) is 0 Å². The third-order valence-electron chi connectivity index (χ3n) is 2.89. The molecule has 1 unspecified atom stereocenters. The van der Waals surface area contributed by atoms with Gasteiger partial charge in [0.2, 0.25) is 0 Å². The Morgan fingerprint density at radius 2 is 2.10 bits per heavy atom. The van der Waals surface area contributed by atoms with E-state index in [-0.39, 0.29) is 17.1 Å². The third kappa shape index (κ3) is 3.66. The Morgan fingerprint density at radius 1 is 1.38 bits per heavy atom. The molecule has 0 spiro atoms. The molecule has 0 aliphatic rings. The van der Waals surface area contributed by atoms with Gasteiger partial charge >= 0.3 is 5.69 Å². The number of aromatic nitrogens is 1. The van der Waals surface area contributed by atoms with Crippen molar-refractivity contribution in [1.29, 1.82) is 0 Å². The smallest absolute Gasteiger partial charge is 0.301 e. The number of rotatable bonds is 5. The van der Waals surface area contributed by atoms with Gasteiger partial charge in [-0.25, -0.2) is 8.42 Å². The van der Waals surface area contributed by atoms with Crippen molar-refractivity contribution in [3.05, 3.63) is 40.6 Å². The number of nitro groups is 1. The first kappa shape index (κ1) is 15.2. The Morgan fingerprint density at radius 3 is 2.71 bits per heavy atom. The van der Waals surface area contributed by atoms with Gasteiger partial charge in [0.1, 0.15) is 15.5 Å². The SMILES string of the molecule is CC(CS(C)(=O)=O)Nc1ccc2ncccc2c1[N+](=O)[O-]. The van der Waals surface area contributed by atoms with E-state index in [1.807, 2.05) is 0 Å². The zero-order valence-electron chi connectivity index (χ0n) is 11.6. The van der Waals surface area contributed by atoms with E-state index >= 15 is 0 Å². The highest BCUT2D eigenvalue weighted by Crippen LogP contribution is 2.32. The second kappa shape index (κ2) is 5.65. The summed E-state index contributed by atoms with van der Waals surface area (Å²) < 4.78 is 22.6. The highest BCUT2D eigenvalue weighted by atomic mass is 32.2. The van der Waals surface area contributed by atoms with E-state index in [1.165, 1.54) is 0 Å². The lowest BCUT2D eigenvalue weighted by molar-refractivity contribution is -0.382. The summed E-state index contributed by atoms with van der Waals surface area (Å²) in [6, 6.07) is 6.02. The van der Waals surface area contributed by atoms with E-state index in [2.05, 4.69) is 10.3 Å². The van der Waals surface area contributed by atoms with Gasteiger partial charge in [0.15, 0.2) is 0 Å². The van der Waals surface area contributed by atoms with Crippen LogP contribution >= 0.6 is 0 Å². The molecule has 21 heavy (non-hydrogen) atoms. The summed E-state index contributed by atoms with van der Waals surface area (Å²) in [7, 11) is -3.16. The Bertz CT molecular complexity index is 789. The van der Waals surface area contributed by atoms with E-state index < -0.39 is 20.8 Å². The zero-order chi connectivity index (χ0) is 15.6. The van der Waals surface area contributed by atoms with Gasteiger partial charge in [-0.3, -0.25) is 15.1 Å². The monoisotopic (exact) mass is 309 g/mol. The van der Waals surface area contributed by atoms with Crippen LogP contribution in [0.5, 0.6) is 0 Å². The maximum Gasteiger partial charge on any atom is 0.301 e. The van der Waals surface area contributed by atoms with Gasteiger partial charge in [-0.05, 0) is 31.2 Å². The molecule has 0 aliphatic heterocycles. The molecule has 1 aromatic carbocycles. The fourth-order valence-electron chi connectivity index (χ4n) is 2.21. The van der Waals surface area contributed by atoms with Gasteiger partial charge in [-0.1, -0.05) is 0 Å². The minimum atomic E-state index is -3.16. The Kier molecular flexibility index (Phi) is 4.08. The highest BCUT2D eigenvalue weighted by molar-refractivity contribution is 7.90. The molecule has 0 saturated heterocycles. The molecule has 8 heteroatoms. The van der Waals surface area contributed by atoms with E-state index in [0.717, 1.165) is 6.26 Å². The predicted molar refractivity (Wildman–Crippen MR) is 81.2 cm³/mol. The van der Waals surface area contributed by atoms with E-state index in [9.17, 15) is 18.5 Å². The molecule has 2 aromatic rings.